The summed E-state index contributed by atoms with van der Waals surface area (Å²) in [5.74, 6) is -0.492. The Morgan fingerprint density at radius 2 is 1.87 bits per heavy atom. The number of rotatable bonds is 10. The second kappa shape index (κ2) is 11.8. The maximum absolute atomic E-state index is 12.7. The first-order valence-corrected chi connectivity index (χ1v) is 12.6. The summed E-state index contributed by atoms with van der Waals surface area (Å²) in [5, 5.41) is 22.4. The van der Waals surface area contributed by atoms with E-state index >= 15 is 0 Å². The molecule has 3 aromatic rings. The molecule has 1 aliphatic rings. The largest absolute Gasteiger partial charge is 0.573 e. The minimum Gasteiger partial charge on any atom is -0.405 e. The molecule has 210 valence electrons. The van der Waals surface area contributed by atoms with Crippen molar-refractivity contribution < 1.29 is 22.8 Å². The highest BCUT2D eigenvalue weighted by atomic mass is 19.4. The Morgan fingerprint density at radius 3 is 2.51 bits per heavy atom. The van der Waals surface area contributed by atoms with Gasteiger partial charge < -0.3 is 21.1 Å². The van der Waals surface area contributed by atoms with Crippen LogP contribution in [0.2, 0.25) is 0 Å². The SMILES string of the molecule is Cc1c(CNC2CCC(Cc3nc(NCc4ccccc4OC(F)(F)F)nc(N)c3[N+](=O)[O-])CC2)cnn1C. The van der Waals surface area contributed by atoms with Gasteiger partial charge in [0.15, 0.2) is 0 Å². The van der Waals surface area contributed by atoms with Gasteiger partial charge in [0.1, 0.15) is 11.4 Å². The Morgan fingerprint density at radius 1 is 1.15 bits per heavy atom. The molecule has 0 spiro atoms. The summed E-state index contributed by atoms with van der Waals surface area (Å²) in [6, 6.07) is 5.99. The molecule has 1 fully saturated rings. The van der Waals surface area contributed by atoms with E-state index < -0.39 is 11.3 Å². The van der Waals surface area contributed by atoms with E-state index in [0.29, 0.717) is 12.5 Å². The number of aromatic nitrogens is 4. The maximum atomic E-state index is 12.7. The molecule has 1 aliphatic carbocycles. The van der Waals surface area contributed by atoms with Crippen LogP contribution in [0.3, 0.4) is 0 Å². The molecule has 0 bridgehead atoms. The monoisotopic (exact) mass is 548 g/mol. The van der Waals surface area contributed by atoms with E-state index in [1.54, 1.807) is 6.07 Å². The lowest BCUT2D eigenvalue weighted by molar-refractivity contribution is -0.385. The van der Waals surface area contributed by atoms with Gasteiger partial charge in [-0.1, -0.05) is 18.2 Å². The molecule has 0 radical (unpaired) electrons. The molecule has 1 aromatic carbocycles. The van der Waals surface area contributed by atoms with Gasteiger partial charge in [0.05, 0.1) is 11.1 Å². The van der Waals surface area contributed by atoms with Gasteiger partial charge in [0, 0.05) is 43.0 Å². The Bertz CT molecular complexity index is 1310. The van der Waals surface area contributed by atoms with Crippen LogP contribution >= 0.6 is 0 Å². The third-order valence-electron chi connectivity index (χ3n) is 7.05. The van der Waals surface area contributed by atoms with Crippen LogP contribution in [0.1, 0.15) is 48.2 Å². The van der Waals surface area contributed by atoms with Gasteiger partial charge in [0.2, 0.25) is 11.8 Å². The second-order valence-electron chi connectivity index (χ2n) is 9.68. The summed E-state index contributed by atoms with van der Waals surface area (Å²) >= 11 is 0. The lowest BCUT2D eigenvalue weighted by atomic mass is 9.83. The smallest absolute Gasteiger partial charge is 0.405 e. The predicted molar refractivity (Wildman–Crippen MR) is 138 cm³/mol. The number of ether oxygens (including phenoxy) is 1. The van der Waals surface area contributed by atoms with Crippen molar-refractivity contribution in [2.75, 3.05) is 11.1 Å². The molecule has 0 unspecified atom stereocenters. The van der Waals surface area contributed by atoms with E-state index in [2.05, 4.69) is 30.4 Å². The molecule has 2 aromatic heterocycles. The summed E-state index contributed by atoms with van der Waals surface area (Å²) in [5.41, 5.74) is 8.27. The zero-order chi connectivity index (χ0) is 28.2. The number of nitrogens with two attached hydrogens (primary N) is 1. The first-order chi connectivity index (χ1) is 18.5. The van der Waals surface area contributed by atoms with E-state index in [4.69, 9.17) is 5.73 Å². The van der Waals surface area contributed by atoms with E-state index in [1.165, 1.54) is 18.2 Å². The van der Waals surface area contributed by atoms with Crippen molar-refractivity contribution in [3.63, 3.8) is 0 Å². The molecule has 2 heterocycles. The molecule has 14 heteroatoms. The molecule has 11 nitrogen and oxygen atoms in total. The third-order valence-corrected chi connectivity index (χ3v) is 7.05. The number of halogens is 3. The van der Waals surface area contributed by atoms with Crippen LogP contribution in [0, 0.1) is 23.0 Å². The third kappa shape index (κ3) is 7.34. The number of nitrogens with zero attached hydrogens (tertiary/aromatic N) is 5. The van der Waals surface area contributed by atoms with Gasteiger partial charge in [-0.3, -0.25) is 14.8 Å². The number of nitrogens with one attached hydrogen (secondary N) is 2. The van der Waals surface area contributed by atoms with E-state index in [9.17, 15) is 23.3 Å². The molecule has 0 aliphatic heterocycles. The number of nitrogen functional groups attached to an aromatic ring is 1. The molecule has 4 rings (SSSR count). The van der Waals surface area contributed by atoms with Crippen molar-refractivity contribution in [2.24, 2.45) is 13.0 Å². The normalized spacial score (nSPS) is 17.7. The molecular formula is C25H31F3N8O3. The molecule has 39 heavy (non-hydrogen) atoms. The fraction of sp³-hybridized carbons (Fsp3) is 0.480. The standard InChI is InChI=1S/C25H31F3N8O3/c1-15-18(14-32-35(15)2)13-30-19-9-7-16(8-10-19)11-20-22(36(37)38)23(29)34-24(33-20)31-12-17-5-3-4-6-21(17)39-25(26,27)28/h3-6,14,16,19,30H,7-13H2,1-2H3,(H3,29,31,33,34). The van der Waals surface area contributed by atoms with Crippen molar-refractivity contribution in [3.05, 3.63) is 63.1 Å². The van der Waals surface area contributed by atoms with Gasteiger partial charge in [-0.15, -0.1) is 13.2 Å². The fourth-order valence-corrected chi connectivity index (χ4v) is 4.81. The van der Waals surface area contributed by atoms with Gasteiger partial charge >= 0.3 is 12.0 Å². The molecule has 1 saturated carbocycles. The van der Waals surface area contributed by atoms with Gasteiger partial charge in [0.25, 0.3) is 0 Å². The van der Waals surface area contributed by atoms with Crippen molar-refractivity contribution in [3.8, 4) is 5.75 Å². The van der Waals surface area contributed by atoms with E-state index in [1.807, 2.05) is 24.9 Å². The average molecular weight is 549 g/mol. The lowest BCUT2D eigenvalue weighted by Crippen LogP contribution is -2.33. The quantitative estimate of drug-likeness (QED) is 0.248. The summed E-state index contributed by atoms with van der Waals surface area (Å²) in [4.78, 5) is 19.5. The lowest BCUT2D eigenvalue weighted by Gasteiger charge is -2.29. The van der Waals surface area contributed by atoms with Gasteiger partial charge in [-0.2, -0.15) is 10.1 Å². The highest BCUT2D eigenvalue weighted by Gasteiger charge is 2.32. The number of aryl methyl sites for hydroxylation is 1. The zero-order valence-electron chi connectivity index (χ0n) is 21.7. The Hall–Kier alpha value is -3.94. The van der Waals surface area contributed by atoms with Crippen LogP contribution in [0.15, 0.2) is 30.5 Å². The zero-order valence-corrected chi connectivity index (χ0v) is 21.7. The topological polar surface area (TPSA) is 146 Å². The summed E-state index contributed by atoms with van der Waals surface area (Å²) in [6.07, 6.45) is 0.911. The van der Waals surface area contributed by atoms with E-state index in [0.717, 1.165) is 43.5 Å². The van der Waals surface area contributed by atoms with Crippen LogP contribution in [0.25, 0.3) is 0 Å². The fourth-order valence-electron chi connectivity index (χ4n) is 4.81. The summed E-state index contributed by atoms with van der Waals surface area (Å²) < 4.78 is 44.1. The Balaban J connectivity index is 1.40. The van der Waals surface area contributed by atoms with Gasteiger partial charge in [-0.25, -0.2) is 4.98 Å². The van der Waals surface area contributed by atoms with Crippen LogP contribution in [-0.4, -0.2) is 37.1 Å². The number of anilines is 2. The number of hydrogen-bond acceptors (Lipinski definition) is 9. The first kappa shape index (κ1) is 28.1. The van der Waals surface area contributed by atoms with Crippen LogP contribution < -0.4 is 21.1 Å². The number of hydrogen-bond donors (Lipinski definition) is 3. The Kier molecular flexibility index (Phi) is 8.53. The number of para-hydroxylation sites is 1. The average Bonchev–Trinajstić information content (AvgIpc) is 3.19. The van der Waals surface area contributed by atoms with Crippen molar-refractivity contribution in [2.45, 2.75) is 64.5 Å². The molecular weight excluding hydrogens is 517 g/mol. The second-order valence-corrected chi connectivity index (χ2v) is 9.68. The van der Waals surface area contributed by atoms with E-state index in [-0.39, 0.29) is 46.9 Å². The number of nitro groups is 1. The van der Waals surface area contributed by atoms with Crippen molar-refractivity contribution in [1.82, 2.24) is 25.1 Å². The molecule has 0 atom stereocenters. The van der Waals surface area contributed by atoms with Crippen LogP contribution in [-0.2, 0) is 26.6 Å². The van der Waals surface area contributed by atoms with Crippen molar-refractivity contribution in [1.29, 1.82) is 0 Å². The molecule has 4 N–H and O–H groups in total. The molecule has 0 amide bonds. The highest BCUT2D eigenvalue weighted by molar-refractivity contribution is 5.58. The number of alkyl halides is 3. The number of benzene rings is 1. The van der Waals surface area contributed by atoms with Crippen molar-refractivity contribution >= 4 is 17.5 Å². The minimum absolute atomic E-state index is 0.00268. The summed E-state index contributed by atoms with van der Waals surface area (Å²) in [6.45, 7) is 2.66. The maximum Gasteiger partial charge on any atom is 0.573 e. The summed E-state index contributed by atoms with van der Waals surface area (Å²) in [7, 11) is 1.91. The minimum atomic E-state index is -4.84. The first-order valence-electron chi connectivity index (χ1n) is 12.6. The Labute approximate surface area is 223 Å². The van der Waals surface area contributed by atoms with Gasteiger partial charge in [-0.05, 0) is 51.0 Å². The van der Waals surface area contributed by atoms with Crippen LogP contribution in [0.4, 0.5) is 30.6 Å². The van der Waals surface area contributed by atoms with Crippen LogP contribution in [0.5, 0.6) is 5.75 Å². The highest BCUT2D eigenvalue weighted by Crippen LogP contribution is 2.33. The molecule has 0 saturated heterocycles. The predicted octanol–water partition coefficient (Wildman–Crippen LogP) is 4.41.